The van der Waals surface area contributed by atoms with Gasteiger partial charge in [-0.3, -0.25) is 0 Å². The number of sulfonamides is 1. The molecule has 18 heavy (non-hydrogen) atoms. The fraction of sp³-hybridized carbons (Fsp3) is 0.417. The van der Waals surface area contributed by atoms with Crippen LogP contribution in [0.25, 0.3) is 11.0 Å². The summed E-state index contributed by atoms with van der Waals surface area (Å²) < 4.78 is 25.5. The molecule has 0 bridgehead atoms. The molecule has 0 saturated carbocycles. The summed E-state index contributed by atoms with van der Waals surface area (Å²) in [4.78, 5) is 7.56. The van der Waals surface area contributed by atoms with Crippen molar-refractivity contribution in [2.75, 3.05) is 12.3 Å². The summed E-state index contributed by atoms with van der Waals surface area (Å²) in [7, 11) is -3.12. The predicted octanol–water partition coefficient (Wildman–Crippen LogP) is 1.43. The molecule has 2 N–H and O–H groups in total. The highest BCUT2D eigenvalue weighted by atomic mass is 32.2. The van der Waals surface area contributed by atoms with Crippen LogP contribution in [0.4, 0.5) is 0 Å². The van der Waals surface area contributed by atoms with E-state index in [0.717, 1.165) is 16.9 Å². The first-order valence-corrected chi connectivity index (χ1v) is 7.67. The van der Waals surface area contributed by atoms with E-state index in [1.807, 2.05) is 31.2 Å². The lowest BCUT2D eigenvalue weighted by Crippen LogP contribution is -2.28. The quantitative estimate of drug-likeness (QED) is 0.831. The Bertz CT molecular complexity index is 586. The largest absolute Gasteiger partial charge is 0.342 e. The van der Waals surface area contributed by atoms with Crippen molar-refractivity contribution in [2.45, 2.75) is 19.8 Å². The molecule has 0 fully saturated rings. The van der Waals surface area contributed by atoms with Gasteiger partial charge >= 0.3 is 0 Å². The second kappa shape index (κ2) is 5.49. The van der Waals surface area contributed by atoms with Gasteiger partial charge in [0, 0.05) is 13.0 Å². The molecule has 5 nitrogen and oxygen atoms in total. The molecule has 0 aliphatic heterocycles. The van der Waals surface area contributed by atoms with E-state index in [9.17, 15) is 8.42 Å². The molecule has 2 aromatic rings. The highest BCUT2D eigenvalue weighted by Crippen LogP contribution is 2.10. The maximum Gasteiger partial charge on any atom is 0.211 e. The van der Waals surface area contributed by atoms with E-state index in [2.05, 4.69) is 14.7 Å². The number of aromatic amines is 1. The van der Waals surface area contributed by atoms with Gasteiger partial charge < -0.3 is 4.98 Å². The van der Waals surface area contributed by atoms with E-state index in [4.69, 9.17) is 0 Å². The third-order valence-electron chi connectivity index (χ3n) is 2.60. The van der Waals surface area contributed by atoms with E-state index in [1.165, 1.54) is 0 Å². The van der Waals surface area contributed by atoms with E-state index < -0.39 is 10.0 Å². The molecule has 0 unspecified atom stereocenters. The summed E-state index contributed by atoms with van der Waals surface area (Å²) >= 11 is 0. The minimum atomic E-state index is -3.12. The molecule has 0 amide bonds. The van der Waals surface area contributed by atoms with Crippen LogP contribution < -0.4 is 4.72 Å². The first-order valence-electron chi connectivity index (χ1n) is 6.01. The zero-order chi connectivity index (χ0) is 13.0. The zero-order valence-electron chi connectivity index (χ0n) is 10.3. The summed E-state index contributed by atoms with van der Waals surface area (Å²) in [5.41, 5.74) is 1.88. The van der Waals surface area contributed by atoms with Crippen molar-refractivity contribution >= 4 is 21.1 Å². The molecular weight excluding hydrogens is 250 g/mol. The van der Waals surface area contributed by atoms with Crippen molar-refractivity contribution in [3.8, 4) is 0 Å². The molecule has 0 saturated heterocycles. The number of hydrogen-bond donors (Lipinski definition) is 2. The molecule has 1 aromatic heterocycles. The summed E-state index contributed by atoms with van der Waals surface area (Å²) in [6.45, 7) is 2.22. The average Bonchev–Trinajstić information content (AvgIpc) is 2.71. The Balaban J connectivity index is 1.94. The van der Waals surface area contributed by atoms with Crippen molar-refractivity contribution in [2.24, 2.45) is 0 Å². The molecule has 0 atom stereocenters. The monoisotopic (exact) mass is 267 g/mol. The lowest BCUT2D eigenvalue weighted by Gasteiger charge is -2.03. The number of imidazole rings is 1. The van der Waals surface area contributed by atoms with Crippen LogP contribution in [0, 0.1) is 0 Å². The third kappa shape index (κ3) is 3.30. The topological polar surface area (TPSA) is 74.8 Å². The van der Waals surface area contributed by atoms with Crippen molar-refractivity contribution in [1.29, 1.82) is 0 Å². The van der Waals surface area contributed by atoms with Gasteiger partial charge in [-0.25, -0.2) is 18.1 Å². The molecular formula is C12H17N3O2S. The molecule has 6 heteroatoms. The SMILES string of the molecule is CCCS(=O)(=O)NCCc1nc2ccccc2[nH]1. The van der Waals surface area contributed by atoms with Crippen LogP contribution in [0.2, 0.25) is 0 Å². The van der Waals surface area contributed by atoms with E-state index in [0.29, 0.717) is 19.4 Å². The Labute approximate surface area is 107 Å². The second-order valence-electron chi connectivity index (χ2n) is 4.16. The minimum Gasteiger partial charge on any atom is -0.342 e. The van der Waals surface area contributed by atoms with Crippen molar-refractivity contribution in [1.82, 2.24) is 14.7 Å². The van der Waals surface area contributed by atoms with Crippen molar-refractivity contribution in [3.63, 3.8) is 0 Å². The van der Waals surface area contributed by atoms with Gasteiger partial charge in [-0.2, -0.15) is 0 Å². The van der Waals surface area contributed by atoms with Crippen LogP contribution >= 0.6 is 0 Å². The standard InChI is InChI=1S/C12H17N3O2S/c1-2-9-18(16,17)13-8-7-12-14-10-5-3-4-6-11(10)15-12/h3-6,13H,2,7-9H2,1H3,(H,14,15). The number of H-pyrrole nitrogens is 1. The van der Waals surface area contributed by atoms with Crippen molar-refractivity contribution in [3.05, 3.63) is 30.1 Å². The smallest absolute Gasteiger partial charge is 0.211 e. The number of rotatable bonds is 6. The lowest BCUT2D eigenvalue weighted by atomic mass is 10.3. The van der Waals surface area contributed by atoms with E-state index in [1.54, 1.807) is 0 Å². The maximum absolute atomic E-state index is 11.5. The minimum absolute atomic E-state index is 0.174. The Hall–Kier alpha value is -1.40. The fourth-order valence-corrected chi connectivity index (χ4v) is 2.88. The number of nitrogens with one attached hydrogen (secondary N) is 2. The highest BCUT2D eigenvalue weighted by Gasteiger charge is 2.08. The van der Waals surface area contributed by atoms with Gasteiger partial charge in [-0.05, 0) is 18.6 Å². The molecule has 2 rings (SSSR count). The second-order valence-corrected chi connectivity index (χ2v) is 6.09. The normalized spacial score (nSPS) is 12.1. The summed E-state index contributed by atoms with van der Waals surface area (Å²) in [6, 6.07) is 7.74. The molecule has 1 aromatic carbocycles. The lowest BCUT2D eigenvalue weighted by molar-refractivity contribution is 0.579. The number of para-hydroxylation sites is 2. The number of hydrogen-bond acceptors (Lipinski definition) is 3. The van der Waals surface area contributed by atoms with Crippen LogP contribution in [0.3, 0.4) is 0 Å². The summed E-state index contributed by atoms with van der Waals surface area (Å²) in [6.07, 6.45) is 1.19. The first-order chi connectivity index (χ1) is 8.61. The number of aromatic nitrogens is 2. The maximum atomic E-state index is 11.5. The van der Waals surface area contributed by atoms with Gasteiger partial charge in [-0.1, -0.05) is 19.1 Å². The Kier molecular flexibility index (Phi) is 3.98. The fourth-order valence-electron chi connectivity index (χ4n) is 1.79. The molecule has 0 radical (unpaired) electrons. The third-order valence-corrected chi connectivity index (χ3v) is 4.18. The van der Waals surface area contributed by atoms with Gasteiger partial charge in [0.1, 0.15) is 5.82 Å². The van der Waals surface area contributed by atoms with Crippen LogP contribution in [-0.4, -0.2) is 30.7 Å². The number of nitrogens with zero attached hydrogens (tertiary/aromatic N) is 1. The van der Waals surface area contributed by atoms with Gasteiger partial charge in [0.2, 0.25) is 10.0 Å². The van der Waals surface area contributed by atoms with Crippen molar-refractivity contribution < 1.29 is 8.42 Å². The first kappa shape index (κ1) is 13.0. The van der Waals surface area contributed by atoms with E-state index >= 15 is 0 Å². The Morgan fingerprint density at radius 3 is 2.83 bits per heavy atom. The van der Waals surface area contributed by atoms with Crippen LogP contribution in [-0.2, 0) is 16.4 Å². The molecule has 0 aliphatic rings. The molecule has 0 aliphatic carbocycles. The van der Waals surface area contributed by atoms with Crippen LogP contribution in [0.5, 0.6) is 0 Å². The van der Waals surface area contributed by atoms with Crippen LogP contribution in [0.1, 0.15) is 19.2 Å². The molecule has 0 spiro atoms. The molecule has 98 valence electrons. The van der Waals surface area contributed by atoms with E-state index in [-0.39, 0.29) is 5.75 Å². The van der Waals surface area contributed by atoms with Gasteiger partial charge in [-0.15, -0.1) is 0 Å². The predicted molar refractivity (Wildman–Crippen MR) is 71.9 cm³/mol. The van der Waals surface area contributed by atoms with Gasteiger partial charge in [0.05, 0.1) is 16.8 Å². The molecule has 1 heterocycles. The summed E-state index contributed by atoms with van der Waals surface area (Å²) in [5, 5.41) is 0. The van der Waals surface area contributed by atoms with Gasteiger partial charge in [0.15, 0.2) is 0 Å². The van der Waals surface area contributed by atoms with Crippen LogP contribution in [0.15, 0.2) is 24.3 Å². The van der Waals surface area contributed by atoms with Gasteiger partial charge in [0.25, 0.3) is 0 Å². The highest BCUT2D eigenvalue weighted by molar-refractivity contribution is 7.89. The Morgan fingerprint density at radius 2 is 2.11 bits per heavy atom. The average molecular weight is 267 g/mol. The zero-order valence-corrected chi connectivity index (χ0v) is 11.1. The Morgan fingerprint density at radius 1 is 1.33 bits per heavy atom. The number of benzene rings is 1. The number of fused-ring (bicyclic) bond motifs is 1. The summed E-state index contributed by atoms with van der Waals surface area (Å²) in [5.74, 6) is 0.975.